The Morgan fingerprint density at radius 2 is 1.95 bits per heavy atom. The molecule has 2 nitrogen and oxygen atoms in total. The van der Waals surface area contributed by atoms with Crippen LogP contribution >= 0.6 is 11.3 Å². The van der Waals surface area contributed by atoms with Crippen LogP contribution in [0.4, 0.5) is 0 Å². The molecule has 106 valence electrons. The van der Waals surface area contributed by atoms with Gasteiger partial charge in [-0.3, -0.25) is 0 Å². The van der Waals surface area contributed by atoms with Crippen LogP contribution < -0.4 is 5.32 Å². The summed E-state index contributed by atoms with van der Waals surface area (Å²) in [5.41, 5.74) is 4.23. The van der Waals surface area contributed by atoms with Gasteiger partial charge in [-0.15, -0.1) is 11.3 Å². The largest absolute Gasteiger partial charge is 0.312 e. The molecule has 0 spiro atoms. The van der Waals surface area contributed by atoms with Crippen LogP contribution in [0, 0.1) is 6.92 Å². The molecule has 0 saturated carbocycles. The molecule has 0 radical (unpaired) electrons. The minimum atomic E-state index is 0.594. The predicted octanol–water partition coefficient (Wildman–Crippen LogP) is 3.83. The summed E-state index contributed by atoms with van der Waals surface area (Å²) in [7, 11) is 0. The molecule has 3 rings (SSSR count). The maximum Gasteiger partial charge on any atom is 0.0969 e. The highest BCUT2D eigenvalue weighted by Gasteiger charge is 2.25. The van der Waals surface area contributed by atoms with Gasteiger partial charge in [0.05, 0.1) is 10.7 Å². The molecule has 20 heavy (non-hydrogen) atoms. The molecule has 1 N–H and O–H groups in total. The molecule has 0 saturated heterocycles. The molecule has 1 aliphatic rings. The molecular formula is C17H22N2S. The van der Waals surface area contributed by atoms with Gasteiger partial charge >= 0.3 is 0 Å². The lowest BCUT2D eigenvalue weighted by atomic mass is 10.1. The van der Waals surface area contributed by atoms with Crippen molar-refractivity contribution in [3.8, 4) is 0 Å². The van der Waals surface area contributed by atoms with E-state index in [0.717, 1.165) is 25.9 Å². The SMILES string of the molecule is CCCNCc1sc(C2Cc3ccccc3C2)nc1C. The first-order chi connectivity index (χ1) is 9.78. The van der Waals surface area contributed by atoms with Crippen LogP contribution in [0.1, 0.15) is 46.0 Å². The van der Waals surface area contributed by atoms with Gasteiger partial charge in [0.1, 0.15) is 0 Å². The van der Waals surface area contributed by atoms with E-state index in [1.165, 1.54) is 33.1 Å². The van der Waals surface area contributed by atoms with Crippen molar-refractivity contribution in [2.45, 2.75) is 45.6 Å². The third-order valence-corrected chi connectivity index (χ3v) is 5.34. The smallest absolute Gasteiger partial charge is 0.0969 e. The van der Waals surface area contributed by atoms with Gasteiger partial charge < -0.3 is 5.32 Å². The second-order valence-corrected chi connectivity index (χ2v) is 6.73. The van der Waals surface area contributed by atoms with E-state index in [4.69, 9.17) is 4.98 Å². The fraction of sp³-hybridized carbons (Fsp3) is 0.471. The molecule has 0 fully saturated rings. The number of hydrogen-bond donors (Lipinski definition) is 1. The van der Waals surface area contributed by atoms with Crippen molar-refractivity contribution in [2.24, 2.45) is 0 Å². The average Bonchev–Trinajstić information content (AvgIpc) is 3.03. The summed E-state index contributed by atoms with van der Waals surface area (Å²) in [6.07, 6.45) is 3.50. The number of aromatic nitrogens is 1. The number of aryl methyl sites for hydroxylation is 1. The van der Waals surface area contributed by atoms with Crippen molar-refractivity contribution in [2.75, 3.05) is 6.54 Å². The van der Waals surface area contributed by atoms with Crippen molar-refractivity contribution in [3.05, 3.63) is 51.0 Å². The van der Waals surface area contributed by atoms with Crippen LogP contribution in [0.5, 0.6) is 0 Å². The van der Waals surface area contributed by atoms with Gasteiger partial charge in [-0.2, -0.15) is 0 Å². The Hall–Kier alpha value is -1.19. The first-order valence-electron chi connectivity index (χ1n) is 7.51. The number of nitrogens with zero attached hydrogens (tertiary/aromatic N) is 1. The third kappa shape index (κ3) is 2.79. The fourth-order valence-electron chi connectivity index (χ4n) is 2.90. The standard InChI is InChI=1S/C17H22N2S/c1-3-8-18-11-16-12(2)19-17(20-16)15-9-13-6-4-5-7-14(13)10-15/h4-7,15,18H,3,8-11H2,1-2H3. The van der Waals surface area contributed by atoms with Crippen LogP contribution in [0.25, 0.3) is 0 Å². The maximum atomic E-state index is 4.83. The maximum absolute atomic E-state index is 4.83. The fourth-order valence-corrected chi connectivity index (χ4v) is 4.04. The Morgan fingerprint density at radius 1 is 1.25 bits per heavy atom. The first-order valence-corrected chi connectivity index (χ1v) is 8.33. The summed E-state index contributed by atoms with van der Waals surface area (Å²) in [5, 5.41) is 4.81. The summed E-state index contributed by atoms with van der Waals surface area (Å²) >= 11 is 1.90. The predicted molar refractivity (Wildman–Crippen MR) is 85.4 cm³/mol. The quantitative estimate of drug-likeness (QED) is 0.845. The highest BCUT2D eigenvalue weighted by molar-refractivity contribution is 7.11. The van der Waals surface area contributed by atoms with E-state index in [2.05, 4.69) is 43.4 Å². The Bertz CT molecular complexity index is 563. The van der Waals surface area contributed by atoms with Crippen molar-refractivity contribution in [1.82, 2.24) is 10.3 Å². The molecule has 1 aliphatic carbocycles. The van der Waals surface area contributed by atoms with Gasteiger partial charge in [-0.1, -0.05) is 31.2 Å². The van der Waals surface area contributed by atoms with E-state index in [9.17, 15) is 0 Å². The molecule has 0 amide bonds. The second-order valence-electron chi connectivity index (χ2n) is 5.61. The Morgan fingerprint density at radius 3 is 2.60 bits per heavy atom. The van der Waals surface area contributed by atoms with Gasteiger partial charge in [0.2, 0.25) is 0 Å². The summed E-state index contributed by atoms with van der Waals surface area (Å²) < 4.78 is 0. The van der Waals surface area contributed by atoms with Crippen LogP contribution in [-0.2, 0) is 19.4 Å². The number of rotatable bonds is 5. The average molecular weight is 286 g/mol. The van der Waals surface area contributed by atoms with E-state index in [1.807, 2.05) is 11.3 Å². The lowest BCUT2D eigenvalue weighted by Crippen LogP contribution is -2.13. The zero-order chi connectivity index (χ0) is 13.9. The summed E-state index contributed by atoms with van der Waals surface area (Å²) in [6.45, 7) is 6.40. The van der Waals surface area contributed by atoms with E-state index in [-0.39, 0.29) is 0 Å². The highest BCUT2D eigenvalue weighted by atomic mass is 32.1. The van der Waals surface area contributed by atoms with Gasteiger partial charge in [0, 0.05) is 17.3 Å². The minimum Gasteiger partial charge on any atom is -0.312 e. The molecule has 0 atom stereocenters. The minimum absolute atomic E-state index is 0.594. The van der Waals surface area contributed by atoms with Crippen molar-refractivity contribution in [3.63, 3.8) is 0 Å². The summed E-state index contributed by atoms with van der Waals surface area (Å²) in [5.74, 6) is 0.594. The molecule has 0 bridgehead atoms. The van der Waals surface area contributed by atoms with Gasteiger partial charge in [0.15, 0.2) is 0 Å². The molecule has 2 aromatic rings. The lowest BCUT2D eigenvalue weighted by Gasteiger charge is -2.03. The van der Waals surface area contributed by atoms with E-state index < -0.39 is 0 Å². The van der Waals surface area contributed by atoms with E-state index in [1.54, 1.807) is 0 Å². The van der Waals surface area contributed by atoms with Crippen LogP contribution in [0.15, 0.2) is 24.3 Å². The van der Waals surface area contributed by atoms with Crippen molar-refractivity contribution < 1.29 is 0 Å². The highest BCUT2D eigenvalue weighted by Crippen LogP contribution is 2.36. The molecule has 1 aromatic carbocycles. The summed E-state index contributed by atoms with van der Waals surface area (Å²) in [6, 6.07) is 8.82. The molecule has 1 heterocycles. The van der Waals surface area contributed by atoms with Gasteiger partial charge in [-0.25, -0.2) is 4.98 Å². The summed E-state index contributed by atoms with van der Waals surface area (Å²) in [4.78, 5) is 6.24. The zero-order valence-electron chi connectivity index (χ0n) is 12.3. The molecule has 3 heteroatoms. The van der Waals surface area contributed by atoms with E-state index in [0.29, 0.717) is 5.92 Å². The van der Waals surface area contributed by atoms with Crippen molar-refractivity contribution in [1.29, 1.82) is 0 Å². The zero-order valence-corrected chi connectivity index (χ0v) is 13.1. The Labute approximate surface area is 125 Å². The normalized spacial score (nSPS) is 14.7. The molecular weight excluding hydrogens is 264 g/mol. The number of hydrogen-bond acceptors (Lipinski definition) is 3. The molecule has 1 aromatic heterocycles. The van der Waals surface area contributed by atoms with Crippen LogP contribution in [0.3, 0.4) is 0 Å². The van der Waals surface area contributed by atoms with Gasteiger partial charge in [0.25, 0.3) is 0 Å². The lowest BCUT2D eigenvalue weighted by molar-refractivity contribution is 0.678. The monoisotopic (exact) mass is 286 g/mol. The number of thiazole rings is 1. The van der Waals surface area contributed by atoms with Crippen molar-refractivity contribution >= 4 is 11.3 Å². The first kappa shape index (κ1) is 13.8. The number of benzene rings is 1. The third-order valence-electron chi connectivity index (χ3n) is 4.02. The molecule has 0 unspecified atom stereocenters. The topological polar surface area (TPSA) is 24.9 Å². The van der Waals surface area contributed by atoms with E-state index >= 15 is 0 Å². The van der Waals surface area contributed by atoms with Crippen LogP contribution in [0.2, 0.25) is 0 Å². The number of nitrogens with one attached hydrogen (secondary N) is 1. The molecule has 0 aliphatic heterocycles. The van der Waals surface area contributed by atoms with Crippen LogP contribution in [-0.4, -0.2) is 11.5 Å². The Kier molecular flexibility index (Phi) is 4.18. The second kappa shape index (κ2) is 6.06. The van der Waals surface area contributed by atoms with Gasteiger partial charge in [-0.05, 0) is 43.9 Å². The Balaban J connectivity index is 1.71. The number of fused-ring (bicyclic) bond motifs is 1.